The van der Waals surface area contributed by atoms with Crippen LogP contribution in [-0.4, -0.2) is 23.1 Å². The highest BCUT2D eigenvalue weighted by Crippen LogP contribution is 2.61. The minimum atomic E-state index is -0.301. The quantitative estimate of drug-likeness (QED) is 0.657. The number of halogens is 2. The molecule has 5 aliphatic rings. The molecule has 4 aliphatic carbocycles. The fourth-order valence-corrected chi connectivity index (χ4v) is 8.24. The van der Waals surface area contributed by atoms with Crippen LogP contribution < -0.4 is 0 Å². The van der Waals surface area contributed by atoms with Gasteiger partial charge in [0.15, 0.2) is 0 Å². The predicted octanol–water partition coefficient (Wildman–Crippen LogP) is 5.66. The number of amides is 1. The van der Waals surface area contributed by atoms with Crippen molar-refractivity contribution in [3.8, 4) is 0 Å². The molecule has 0 aromatic heterocycles. The topological polar surface area (TPSA) is 20.3 Å². The maximum absolute atomic E-state index is 14.4. The number of hydrogen-bond acceptors (Lipinski definition) is 2. The molecule has 1 atom stereocenters. The first-order valence-corrected chi connectivity index (χ1v) is 11.3. The van der Waals surface area contributed by atoms with Gasteiger partial charge in [0, 0.05) is 17.1 Å². The third-order valence-electron chi connectivity index (χ3n) is 7.26. The van der Waals surface area contributed by atoms with Gasteiger partial charge >= 0.3 is 0 Å². The maximum atomic E-state index is 14.4. The van der Waals surface area contributed by atoms with Crippen molar-refractivity contribution in [1.29, 1.82) is 0 Å². The second-order valence-electron chi connectivity index (χ2n) is 9.05. The second kappa shape index (κ2) is 6.41. The van der Waals surface area contributed by atoms with Gasteiger partial charge in [0.1, 0.15) is 11.2 Å². The number of hydrogen-bond donors (Lipinski definition) is 0. The van der Waals surface area contributed by atoms with Crippen LogP contribution >= 0.6 is 23.4 Å². The van der Waals surface area contributed by atoms with Crippen LogP contribution in [0, 0.1) is 29.0 Å². The van der Waals surface area contributed by atoms with E-state index in [1.165, 1.54) is 56.4 Å². The maximum Gasteiger partial charge on any atom is 0.233 e. The van der Waals surface area contributed by atoms with E-state index in [9.17, 15) is 9.18 Å². The van der Waals surface area contributed by atoms with Gasteiger partial charge in [-0.2, -0.15) is 0 Å². The molecule has 6 rings (SSSR count). The van der Waals surface area contributed by atoms with Crippen LogP contribution in [0.15, 0.2) is 18.2 Å². The molecule has 1 aromatic carbocycles. The molecule has 1 heterocycles. The van der Waals surface area contributed by atoms with Crippen molar-refractivity contribution in [3.05, 3.63) is 34.6 Å². The summed E-state index contributed by atoms with van der Waals surface area (Å²) in [5, 5.41) is 0.155. The minimum Gasteiger partial charge on any atom is -0.326 e. The predicted molar refractivity (Wildman–Crippen MR) is 104 cm³/mol. The molecule has 1 amide bonds. The van der Waals surface area contributed by atoms with Crippen LogP contribution in [0.25, 0.3) is 0 Å². The number of nitrogens with zero attached hydrogens (tertiary/aromatic N) is 1. The molecule has 4 saturated carbocycles. The molecule has 1 aromatic rings. The molecule has 1 unspecified atom stereocenters. The van der Waals surface area contributed by atoms with E-state index in [2.05, 4.69) is 0 Å². The van der Waals surface area contributed by atoms with Crippen molar-refractivity contribution in [3.63, 3.8) is 0 Å². The SMILES string of the molecule is O=C1CSC(c2c(F)cccc2Cl)N1CCC12CC3CC(CC(C3)C1)C2. The zero-order valence-electron chi connectivity index (χ0n) is 14.9. The Morgan fingerprint density at radius 2 is 1.81 bits per heavy atom. The first-order valence-electron chi connectivity index (χ1n) is 9.88. The zero-order valence-corrected chi connectivity index (χ0v) is 16.5. The minimum absolute atomic E-state index is 0.129. The highest BCUT2D eigenvalue weighted by atomic mass is 35.5. The van der Waals surface area contributed by atoms with Gasteiger partial charge in [-0.15, -0.1) is 11.8 Å². The Labute approximate surface area is 163 Å². The first kappa shape index (κ1) is 17.4. The highest BCUT2D eigenvalue weighted by molar-refractivity contribution is 8.00. The van der Waals surface area contributed by atoms with Crippen molar-refractivity contribution < 1.29 is 9.18 Å². The number of carbonyl (C=O) groups is 1. The lowest BCUT2D eigenvalue weighted by molar-refractivity contribution is -0.129. The van der Waals surface area contributed by atoms with E-state index in [-0.39, 0.29) is 17.1 Å². The van der Waals surface area contributed by atoms with E-state index >= 15 is 0 Å². The smallest absolute Gasteiger partial charge is 0.233 e. The van der Waals surface area contributed by atoms with Gasteiger partial charge in [0.2, 0.25) is 5.91 Å². The van der Waals surface area contributed by atoms with Gasteiger partial charge in [0.05, 0.1) is 5.75 Å². The molecule has 5 fully saturated rings. The normalized spacial score (nSPS) is 38.4. The van der Waals surface area contributed by atoms with Crippen LogP contribution in [-0.2, 0) is 4.79 Å². The average Bonchev–Trinajstić information content (AvgIpc) is 2.92. The summed E-state index contributed by atoms with van der Waals surface area (Å²) in [5.41, 5.74) is 0.918. The second-order valence-corrected chi connectivity index (χ2v) is 10.5. The molecule has 0 N–H and O–H groups in total. The summed E-state index contributed by atoms with van der Waals surface area (Å²) in [4.78, 5) is 14.4. The fraction of sp³-hybridized carbons (Fsp3) is 0.667. The largest absolute Gasteiger partial charge is 0.326 e. The van der Waals surface area contributed by atoms with E-state index < -0.39 is 0 Å². The Morgan fingerprint density at radius 3 is 2.42 bits per heavy atom. The molecule has 0 spiro atoms. The van der Waals surface area contributed by atoms with Gasteiger partial charge in [-0.1, -0.05) is 17.7 Å². The van der Waals surface area contributed by atoms with Crippen molar-refractivity contribution in [2.24, 2.45) is 23.2 Å². The lowest BCUT2D eigenvalue weighted by atomic mass is 9.49. The molecular formula is C21H25ClFNOS. The summed E-state index contributed by atoms with van der Waals surface area (Å²) in [7, 11) is 0. The van der Waals surface area contributed by atoms with Gasteiger partial charge < -0.3 is 4.90 Å². The molecule has 1 saturated heterocycles. The van der Waals surface area contributed by atoms with Crippen LogP contribution in [0.4, 0.5) is 4.39 Å². The van der Waals surface area contributed by atoms with Crippen LogP contribution in [0.2, 0.25) is 5.02 Å². The molecular weight excluding hydrogens is 369 g/mol. The van der Waals surface area contributed by atoms with Crippen molar-refractivity contribution in [1.82, 2.24) is 4.90 Å². The monoisotopic (exact) mass is 393 g/mol. The van der Waals surface area contributed by atoms with Crippen molar-refractivity contribution in [2.75, 3.05) is 12.3 Å². The van der Waals surface area contributed by atoms with Crippen molar-refractivity contribution >= 4 is 29.3 Å². The van der Waals surface area contributed by atoms with Gasteiger partial charge in [-0.3, -0.25) is 4.79 Å². The molecule has 4 bridgehead atoms. The number of carbonyl (C=O) groups excluding carboxylic acids is 1. The van der Waals surface area contributed by atoms with E-state index in [0.29, 0.717) is 21.8 Å². The summed E-state index contributed by atoms with van der Waals surface area (Å²) >= 11 is 7.80. The van der Waals surface area contributed by atoms with Crippen LogP contribution in [0.5, 0.6) is 0 Å². The summed E-state index contributed by atoms with van der Waals surface area (Å²) in [6.07, 6.45) is 9.42. The summed E-state index contributed by atoms with van der Waals surface area (Å²) in [6, 6.07) is 4.80. The van der Waals surface area contributed by atoms with E-state index in [0.717, 1.165) is 30.7 Å². The number of thioether (sulfide) groups is 1. The number of benzene rings is 1. The molecule has 1 aliphatic heterocycles. The van der Waals surface area contributed by atoms with Crippen LogP contribution in [0.3, 0.4) is 0 Å². The molecule has 140 valence electrons. The average molecular weight is 394 g/mol. The lowest BCUT2D eigenvalue weighted by Gasteiger charge is -2.57. The first-order chi connectivity index (χ1) is 12.5. The van der Waals surface area contributed by atoms with E-state index in [4.69, 9.17) is 11.6 Å². The van der Waals surface area contributed by atoms with Gasteiger partial charge in [-0.25, -0.2) is 4.39 Å². The van der Waals surface area contributed by atoms with Gasteiger partial charge in [-0.05, 0) is 80.2 Å². The summed E-state index contributed by atoms with van der Waals surface area (Å²) < 4.78 is 14.4. The van der Waals surface area contributed by atoms with E-state index in [1.807, 2.05) is 4.90 Å². The number of rotatable bonds is 4. The van der Waals surface area contributed by atoms with Gasteiger partial charge in [0.25, 0.3) is 0 Å². The van der Waals surface area contributed by atoms with Crippen LogP contribution in [0.1, 0.15) is 55.9 Å². The molecule has 5 heteroatoms. The highest BCUT2D eigenvalue weighted by Gasteiger charge is 2.51. The summed E-state index contributed by atoms with van der Waals surface area (Å²) in [5.74, 6) is 3.01. The summed E-state index contributed by atoms with van der Waals surface area (Å²) in [6.45, 7) is 0.743. The Balaban J connectivity index is 1.35. The zero-order chi connectivity index (χ0) is 17.9. The van der Waals surface area contributed by atoms with E-state index in [1.54, 1.807) is 12.1 Å². The third-order valence-corrected chi connectivity index (χ3v) is 8.81. The Bertz CT molecular complexity index is 683. The molecule has 26 heavy (non-hydrogen) atoms. The third kappa shape index (κ3) is 2.88. The lowest BCUT2D eigenvalue weighted by Crippen LogP contribution is -2.47. The Morgan fingerprint density at radius 1 is 1.15 bits per heavy atom. The standard InChI is InChI=1S/C21H25ClFNOS/c22-16-2-1-3-17(23)19(16)20-24(18(25)12-26-20)5-4-21-9-13-6-14(10-21)8-15(7-13)11-21/h1-3,13-15,20H,4-12H2. The Hall–Kier alpha value is -0.740. The Kier molecular flexibility index (Phi) is 4.28. The fourth-order valence-electron chi connectivity index (χ4n) is 6.64. The molecule has 0 radical (unpaired) electrons. The molecule has 2 nitrogen and oxygen atoms in total. The van der Waals surface area contributed by atoms with Crippen molar-refractivity contribution in [2.45, 2.75) is 50.3 Å².